The molecule has 1 fully saturated rings. The molecule has 2 rings (SSSR count). The van der Waals surface area contributed by atoms with Crippen LogP contribution in [0.2, 0.25) is 0 Å². The smallest absolute Gasteiger partial charge is 0.101 e. The summed E-state index contributed by atoms with van der Waals surface area (Å²) in [4.78, 5) is 2.49. The third-order valence-electron chi connectivity index (χ3n) is 4.19. The number of likely N-dealkylation sites (tertiary alicyclic amines) is 1. The quantitative estimate of drug-likeness (QED) is 0.922. The Morgan fingerprint density at radius 2 is 2.00 bits per heavy atom. The first-order chi connectivity index (χ1) is 10.2. The Labute approximate surface area is 127 Å². The summed E-state index contributed by atoms with van der Waals surface area (Å²) in [5, 5.41) is 21.7. The number of nitriles is 2. The average Bonchev–Trinajstić information content (AvgIpc) is 2.52. The first-order valence-electron chi connectivity index (χ1n) is 7.56. The lowest BCUT2D eigenvalue weighted by atomic mass is 9.99. The Hall–Kier alpha value is -2.04. The Kier molecular flexibility index (Phi) is 5.20. The molecule has 110 valence electrons. The maximum Gasteiger partial charge on any atom is 0.101 e. The third kappa shape index (κ3) is 3.74. The average molecular weight is 282 g/mol. The number of nitrogens with zero attached hydrogens (tertiary/aromatic N) is 3. The van der Waals surface area contributed by atoms with Crippen molar-refractivity contribution >= 4 is 5.69 Å². The van der Waals surface area contributed by atoms with E-state index < -0.39 is 0 Å². The second-order valence-corrected chi connectivity index (χ2v) is 5.92. The van der Waals surface area contributed by atoms with Crippen molar-refractivity contribution in [3.63, 3.8) is 0 Å². The molecule has 1 aromatic carbocycles. The van der Waals surface area contributed by atoms with E-state index >= 15 is 0 Å². The molecule has 4 nitrogen and oxygen atoms in total. The first kappa shape index (κ1) is 15.4. The molecule has 0 radical (unpaired) electrons. The van der Waals surface area contributed by atoms with Crippen molar-refractivity contribution in [1.29, 1.82) is 10.5 Å². The number of hydrogen-bond acceptors (Lipinski definition) is 4. The molecule has 0 amide bonds. The van der Waals surface area contributed by atoms with Crippen molar-refractivity contribution in [2.24, 2.45) is 5.92 Å². The Morgan fingerprint density at radius 1 is 1.33 bits per heavy atom. The van der Waals surface area contributed by atoms with E-state index in [0.717, 1.165) is 25.6 Å². The molecule has 4 heteroatoms. The highest BCUT2D eigenvalue weighted by Gasteiger charge is 2.21. The van der Waals surface area contributed by atoms with Crippen molar-refractivity contribution < 1.29 is 0 Å². The Balaban J connectivity index is 2.03. The van der Waals surface area contributed by atoms with Gasteiger partial charge in [-0.25, -0.2) is 0 Å². The first-order valence-corrected chi connectivity index (χ1v) is 7.56. The van der Waals surface area contributed by atoms with Crippen molar-refractivity contribution in [2.45, 2.75) is 32.7 Å². The molecule has 0 aromatic heterocycles. The van der Waals surface area contributed by atoms with E-state index in [1.54, 1.807) is 18.2 Å². The molecule has 1 aliphatic rings. The number of benzene rings is 1. The van der Waals surface area contributed by atoms with Crippen LogP contribution in [0.25, 0.3) is 0 Å². The second-order valence-electron chi connectivity index (χ2n) is 5.92. The van der Waals surface area contributed by atoms with Crippen LogP contribution in [0.5, 0.6) is 0 Å². The van der Waals surface area contributed by atoms with E-state index in [9.17, 15) is 10.5 Å². The summed E-state index contributed by atoms with van der Waals surface area (Å²) in [6.07, 6.45) is 2.57. The standard InChI is InChI=1S/C17H22N4/c1-13-5-4-8-21(12-13)14(2)11-20-17-15(9-18)6-3-7-16(17)10-19/h3,6-7,13-14,20H,4-5,8,11-12H2,1-2H3. The van der Waals surface area contributed by atoms with Gasteiger partial charge in [0.2, 0.25) is 0 Å². The summed E-state index contributed by atoms with van der Waals surface area (Å²) >= 11 is 0. The molecule has 1 heterocycles. The van der Waals surface area contributed by atoms with Gasteiger partial charge in [-0.2, -0.15) is 10.5 Å². The van der Waals surface area contributed by atoms with Gasteiger partial charge in [-0.15, -0.1) is 0 Å². The summed E-state index contributed by atoms with van der Waals surface area (Å²) in [5.74, 6) is 0.752. The van der Waals surface area contributed by atoms with E-state index in [0.29, 0.717) is 22.9 Å². The molecule has 2 unspecified atom stereocenters. The molecule has 1 aromatic rings. The van der Waals surface area contributed by atoms with Gasteiger partial charge < -0.3 is 5.32 Å². The number of nitrogens with one attached hydrogen (secondary N) is 1. The maximum absolute atomic E-state index is 9.18. The van der Waals surface area contributed by atoms with Crippen LogP contribution in [-0.2, 0) is 0 Å². The molecular weight excluding hydrogens is 260 g/mol. The lowest BCUT2D eigenvalue weighted by Gasteiger charge is -2.35. The highest BCUT2D eigenvalue weighted by atomic mass is 15.2. The molecule has 21 heavy (non-hydrogen) atoms. The topological polar surface area (TPSA) is 62.9 Å². The van der Waals surface area contributed by atoms with Gasteiger partial charge in [-0.05, 0) is 44.4 Å². The lowest BCUT2D eigenvalue weighted by Crippen LogP contribution is -2.43. The van der Waals surface area contributed by atoms with Crippen molar-refractivity contribution in [3.8, 4) is 12.1 Å². The molecule has 1 saturated heterocycles. The number of rotatable bonds is 4. The van der Waals surface area contributed by atoms with Crippen LogP contribution in [0, 0.1) is 28.6 Å². The highest BCUT2D eigenvalue weighted by Crippen LogP contribution is 2.21. The van der Waals surface area contributed by atoms with Crippen LogP contribution in [0.1, 0.15) is 37.8 Å². The minimum absolute atomic E-state index is 0.394. The van der Waals surface area contributed by atoms with Gasteiger partial charge >= 0.3 is 0 Å². The van der Waals surface area contributed by atoms with Gasteiger partial charge in [0.25, 0.3) is 0 Å². The highest BCUT2D eigenvalue weighted by molar-refractivity contribution is 5.66. The Morgan fingerprint density at radius 3 is 2.57 bits per heavy atom. The van der Waals surface area contributed by atoms with Crippen LogP contribution < -0.4 is 5.32 Å². The zero-order valence-electron chi connectivity index (χ0n) is 12.8. The summed E-state index contributed by atoms with van der Waals surface area (Å²) in [5.41, 5.74) is 1.74. The van der Waals surface area contributed by atoms with E-state index in [4.69, 9.17) is 0 Å². The predicted molar refractivity (Wildman–Crippen MR) is 83.8 cm³/mol. The normalized spacial score (nSPS) is 20.3. The van der Waals surface area contributed by atoms with Crippen molar-refractivity contribution in [1.82, 2.24) is 4.90 Å². The van der Waals surface area contributed by atoms with Gasteiger partial charge in [-0.1, -0.05) is 13.0 Å². The van der Waals surface area contributed by atoms with Crippen LogP contribution in [0.3, 0.4) is 0 Å². The monoisotopic (exact) mass is 282 g/mol. The number of piperidine rings is 1. The van der Waals surface area contributed by atoms with Gasteiger partial charge in [-0.3, -0.25) is 4.90 Å². The lowest BCUT2D eigenvalue weighted by molar-refractivity contribution is 0.144. The Bertz CT molecular complexity index is 535. The predicted octanol–water partition coefficient (Wildman–Crippen LogP) is 2.96. The van der Waals surface area contributed by atoms with Crippen molar-refractivity contribution in [2.75, 3.05) is 25.0 Å². The summed E-state index contributed by atoms with van der Waals surface area (Å²) < 4.78 is 0. The van der Waals surface area contributed by atoms with Gasteiger partial charge in [0.15, 0.2) is 0 Å². The van der Waals surface area contributed by atoms with Gasteiger partial charge in [0, 0.05) is 19.1 Å². The summed E-state index contributed by atoms with van der Waals surface area (Å²) in [6, 6.07) is 9.94. The third-order valence-corrected chi connectivity index (χ3v) is 4.19. The summed E-state index contributed by atoms with van der Waals surface area (Å²) in [6.45, 7) is 7.52. The van der Waals surface area contributed by atoms with Crippen LogP contribution in [-0.4, -0.2) is 30.6 Å². The second kappa shape index (κ2) is 7.11. The van der Waals surface area contributed by atoms with E-state index in [2.05, 4.69) is 36.2 Å². The van der Waals surface area contributed by atoms with Crippen LogP contribution in [0.15, 0.2) is 18.2 Å². The fraction of sp³-hybridized carbons (Fsp3) is 0.529. The van der Waals surface area contributed by atoms with Gasteiger partial charge in [0.1, 0.15) is 12.1 Å². The zero-order chi connectivity index (χ0) is 15.2. The van der Waals surface area contributed by atoms with Crippen molar-refractivity contribution in [3.05, 3.63) is 29.3 Å². The molecule has 1 N–H and O–H groups in total. The van der Waals surface area contributed by atoms with Crippen LogP contribution in [0.4, 0.5) is 5.69 Å². The molecular formula is C17H22N4. The minimum atomic E-state index is 0.394. The fourth-order valence-corrected chi connectivity index (χ4v) is 2.93. The molecule has 0 spiro atoms. The maximum atomic E-state index is 9.18. The van der Waals surface area contributed by atoms with E-state index in [1.165, 1.54) is 12.8 Å². The fourth-order valence-electron chi connectivity index (χ4n) is 2.93. The number of para-hydroxylation sites is 1. The molecule has 1 aliphatic heterocycles. The zero-order valence-corrected chi connectivity index (χ0v) is 12.8. The van der Waals surface area contributed by atoms with E-state index in [-0.39, 0.29) is 0 Å². The SMILES string of the molecule is CC1CCCN(C(C)CNc2c(C#N)cccc2C#N)C1. The molecule has 0 saturated carbocycles. The van der Waals surface area contributed by atoms with E-state index in [1.807, 2.05) is 0 Å². The van der Waals surface area contributed by atoms with Crippen LogP contribution >= 0.6 is 0 Å². The summed E-state index contributed by atoms with van der Waals surface area (Å²) in [7, 11) is 0. The molecule has 0 bridgehead atoms. The molecule has 0 aliphatic carbocycles. The molecule has 2 atom stereocenters. The minimum Gasteiger partial charge on any atom is -0.381 e. The van der Waals surface area contributed by atoms with Gasteiger partial charge in [0.05, 0.1) is 16.8 Å². The number of anilines is 1. The number of hydrogen-bond donors (Lipinski definition) is 1. The largest absolute Gasteiger partial charge is 0.381 e.